The van der Waals surface area contributed by atoms with Gasteiger partial charge in [0, 0.05) is 18.1 Å². The summed E-state index contributed by atoms with van der Waals surface area (Å²) in [6, 6.07) is 16.0. The fourth-order valence-electron chi connectivity index (χ4n) is 4.01. The van der Waals surface area contributed by atoms with Crippen molar-refractivity contribution in [2.75, 3.05) is 5.32 Å². The Bertz CT molecular complexity index is 1290. The van der Waals surface area contributed by atoms with Crippen molar-refractivity contribution in [3.8, 4) is 17.0 Å². The highest BCUT2D eigenvalue weighted by Crippen LogP contribution is 2.31. The quantitative estimate of drug-likeness (QED) is 0.375. The number of hydrogen-bond donors (Lipinski definition) is 1. The van der Waals surface area contributed by atoms with Crippen LogP contribution in [0.15, 0.2) is 73.1 Å². The molecule has 0 spiro atoms. The molecule has 0 amide bonds. The lowest BCUT2D eigenvalue weighted by molar-refractivity contribution is -0.274. The minimum Gasteiger partial charge on any atom is -0.406 e. The molecule has 0 aliphatic heterocycles. The largest absolute Gasteiger partial charge is 0.573 e. The van der Waals surface area contributed by atoms with Gasteiger partial charge in [-0.3, -0.25) is 0 Å². The molecule has 0 bridgehead atoms. The van der Waals surface area contributed by atoms with Crippen molar-refractivity contribution in [1.29, 1.82) is 0 Å². The summed E-state index contributed by atoms with van der Waals surface area (Å²) in [5, 5.41) is 3.41. The number of alkyl halides is 3. The lowest BCUT2D eigenvalue weighted by atomic mass is 10.0. The molecule has 4 nitrogen and oxygen atoms in total. The number of hydrogen-bond acceptors (Lipinski definition) is 3. The van der Waals surface area contributed by atoms with E-state index in [2.05, 4.69) is 45.4 Å². The van der Waals surface area contributed by atoms with E-state index in [1.54, 1.807) is 18.3 Å². The minimum atomic E-state index is -4.71. The van der Waals surface area contributed by atoms with Crippen LogP contribution in [0.1, 0.15) is 24.0 Å². The normalized spacial score (nSPS) is 13.6. The van der Waals surface area contributed by atoms with Gasteiger partial charge in [-0.1, -0.05) is 18.2 Å². The van der Waals surface area contributed by atoms with Crippen LogP contribution < -0.4 is 10.1 Å². The average molecular weight is 435 g/mol. The second kappa shape index (κ2) is 8.07. The van der Waals surface area contributed by atoms with Crippen LogP contribution in [0.5, 0.6) is 5.75 Å². The number of benzene rings is 2. The zero-order valence-corrected chi connectivity index (χ0v) is 17.1. The first-order valence-electron chi connectivity index (χ1n) is 10.3. The smallest absolute Gasteiger partial charge is 0.406 e. The Morgan fingerprint density at radius 3 is 2.66 bits per heavy atom. The van der Waals surface area contributed by atoms with E-state index >= 15 is 0 Å². The summed E-state index contributed by atoms with van der Waals surface area (Å²) in [5.41, 5.74) is 5.99. The van der Waals surface area contributed by atoms with Crippen LogP contribution in [0.2, 0.25) is 0 Å². The van der Waals surface area contributed by atoms with Crippen LogP contribution in [0, 0.1) is 0 Å². The zero-order valence-electron chi connectivity index (χ0n) is 17.1. The molecule has 2 aromatic heterocycles. The van der Waals surface area contributed by atoms with E-state index in [-0.39, 0.29) is 5.75 Å². The standard InChI is InChI=1S/C25H20F3N3O/c26-25(27,28)32-21-10-7-18(8-11-21)22-12-13-23-24(29-14-15-31(22)23)30-20-9-6-17-4-2-1-3-5-19(17)16-20/h3,5-16H,1-2,4H2,(H,29,30). The molecule has 2 heterocycles. The molecule has 1 N–H and O–H groups in total. The number of halogens is 3. The van der Waals surface area contributed by atoms with Crippen LogP contribution in [-0.2, 0) is 6.42 Å². The summed E-state index contributed by atoms with van der Waals surface area (Å²) < 4.78 is 43.2. The molecule has 0 saturated carbocycles. The number of aryl methyl sites for hydroxylation is 1. The van der Waals surface area contributed by atoms with Gasteiger partial charge in [-0.05, 0) is 84.5 Å². The molecule has 0 atom stereocenters. The van der Waals surface area contributed by atoms with Crippen molar-refractivity contribution >= 4 is 23.1 Å². The number of ether oxygens (including phenoxy) is 1. The maximum Gasteiger partial charge on any atom is 0.573 e. The molecule has 0 fully saturated rings. The summed E-state index contributed by atoms with van der Waals surface area (Å²) >= 11 is 0. The van der Waals surface area contributed by atoms with Crippen molar-refractivity contribution in [3.63, 3.8) is 0 Å². The van der Waals surface area contributed by atoms with Gasteiger partial charge in [0.25, 0.3) is 0 Å². The van der Waals surface area contributed by atoms with Gasteiger partial charge in [-0.2, -0.15) is 0 Å². The van der Waals surface area contributed by atoms with E-state index < -0.39 is 6.36 Å². The van der Waals surface area contributed by atoms with Gasteiger partial charge >= 0.3 is 6.36 Å². The molecular formula is C25H20F3N3O. The van der Waals surface area contributed by atoms with Crippen LogP contribution in [0.3, 0.4) is 0 Å². The van der Waals surface area contributed by atoms with Gasteiger partial charge in [0.2, 0.25) is 0 Å². The fourth-order valence-corrected chi connectivity index (χ4v) is 4.01. The van der Waals surface area contributed by atoms with Crippen LogP contribution in [0.4, 0.5) is 24.7 Å². The molecule has 5 rings (SSSR count). The zero-order chi connectivity index (χ0) is 22.1. The predicted molar refractivity (Wildman–Crippen MR) is 119 cm³/mol. The number of nitrogens with zero attached hydrogens (tertiary/aromatic N) is 2. The molecule has 7 heteroatoms. The van der Waals surface area contributed by atoms with Gasteiger partial charge in [-0.15, -0.1) is 13.2 Å². The number of anilines is 2. The van der Waals surface area contributed by atoms with E-state index in [0.29, 0.717) is 5.82 Å². The third-order valence-electron chi connectivity index (χ3n) is 5.49. The van der Waals surface area contributed by atoms with Crippen molar-refractivity contribution in [1.82, 2.24) is 9.38 Å². The summed E-state index contributed by atoms with van der Waals surface area (Å²) in [7, 11) is 0. The molecular weight excluding hydrogens is 415 g/mol. The molecule has 32 heavy (non-hydrogen) atoms. The van der Waals surface area contributed by atoms with Crippen LogP contribution >= 0.6 is 0 Å². The van der Waals surface area contributed by atoms with E-state index in [1.807, 2.05) is 22.7 Å². The lowest BCUT2D eigenvalue weighted by Crippen LogP contribution is -2.16. The van der Waals surface area contributed by atoms with E-state index in [1.165, 1.54) is 23.3 Å². The maximum atomic E-state index is 12.4. The SMILES string of the molecule is FC(F)(F)Oc1ccc(-c2ccc3c(Nc4ccc5c(c4)C=CCCC5)nccn23)cc1. The Kier molecular flexibility index (Phi) is 5.09. The van der Waals surface area contributed by atoms with Gasteiger partial charge in [0.05, 0.1) is 11.2 Å². The third-order valence-corrected chi connectivity index (χ3v) is 5.49. The van der Waals surface area contributed by atoms with E-state index in [4.69, 9.17) is 0 Å². The van der Waals surface area contributed by atoms with Crippen molar-refractivity contribution in [2.45, 2.75) is 25.6 Å². The number of aromatic nitrogens is 2. The summed E-state index contributed by atoms with van der Waals surface area (Å²) in [6.07, 6.45) is 6.52. The first-order chi connectivity index (χ1) is 15.5. The summed E-state index contributed by atoms with van der Waals surface area (Å²) in [6.45, 7) is 0. The van der Waals surface area contributed by atoms with Gasteiger partial charge in [-0.25, -0.2) is 4.98 Å². The second-order valence-electron chi connectivity index (χ2n) is 7.66. The van der Waals surface area contributed by atoms with Crippen molar-refractivity contribution in [3.05, 3.63) is 84.2 Å². The highest BCUT2D eigenvalue weighted by Gasteiger charge is 2.31. The Morgan fingerprint density at radius 1 is 1.00 bits per heavy atom. The minimum absolute atomic E-state index is 0.247. The summed E-state index contributed by atoms with van der Waals surface area (Å²) in [4.78, 5) is 4.50. The highest BCUT2D eigenvalue weighted by molar-refractivity contribution is 5.79. The van der Waals surface area contributed by atoms with Gasteiger partial charge in [0.1, 0.15) is 5.75 Å². The molecule has 1 aliphatic rings. The number of nitrogens with one attached hydrogen (secondary N) is 1. The molecule has 4 aromatic rings. The Hall–Kier alpha value is -3.74. The summed E-state index contributed by atoms with van der Waals surface area (Å²) in [5.74, 6) is 0.455. The highest BCUT2D eigenvalue weighted by atomic mass is 19.4. The Labute approximate surface area is 183 Å². The maximum absolute atomic E-state index is 12.4. The average Bonchev–Trinajstić information content (AvgIpc) is 3.06. The predicted octanol–water partition coefficient (Wildman–Crippen LogP) is 6.99. The number of fused-ring (bicyclic) bond motifs is 2. The van der Waals surface area contributed by atoms with Crippen molar-refractivity contribution < 1.29 is 17.9 Å². The number of allylic oxidation sites excluding steroid dienone is 1. The first-order valence-corrected chi connectivity index (χ1v) is 10.3. The second-order valence-corrected chi connectivity index (χ2v) is 7.66. The lowest BCUT2D eigenvalue weighted by Gasteiger charge is -2.12. The van der Waals surface area contributed by atoms with E-state index in [0.717, 1.165) is 41.7 Å². The molecule has 0 unspecified atom stereocenters. The van der Waals surface area contributed by atoms with Crippen LogP contribution in [0.25, 0.3) is 22.9 Å². The molecule has 2 aromatic carbocycles. The third kappa shape index (κ3) is 4.19. The first kappa shape index (κ1) is 20.2. The van der Waals surface area contributed by atoms with Crippen molar-refractivity contribution in [2.24, 2.45) is 0 Å². The molecule has 162 valence electrons. The van der Waals surface area contributed by atoms with Gasteiger partial charge < -0.3 is 14.5 Å². The topological polar surface area (TPSA) is 38.6 Å². The molecule has 0 saturated heterocycles. The van der Waals surface area contributed by atoms with Gasteiger partial charge in [0.15, 0.2) is 5.82 Å². The fraction of sp³-hybridized carbons (Fsp3) is 0.160. The van der Waals surface area contributed by atoms with Crippen LogP contribution in [-0.4, -0.2) is 15.7 Å². The Balaban J connectivity index is 1.44. The molecule has 1 aliphatic carbocycles. The molecule has 0 radical (unpaired) electrons. The number of rotatable bonds is 4. The Morgan fingerprint density at radius 2 is 1.84 bits per heavy atom. The monoisotopic (exact) mass is 435 g/mol. The van der Waals surface area contributed by atoms with E-state index in [9.17, 15) is 13.2 Å².